The van der Waals surface area contributed by atoms with Crippen molar-refractivity contribution in [3.05, 3.63) is 92.0 Å². The number of carbonyl (C=O) groups is 2. The van der Waals surface area contributed by atoms with Crippen molar-refractivity contribution in [2.24, 2.45) is 0 Å². The second kappa shape index (κ2) is 9.89. The summed E-state index contributed by atoms with van der Waals surface area (Å²) >= 11 is 14.0. The highest BCUT2D eigenvalue weighted by molar-refractivity contribution is 7.21. The van der Waals surface area contributed by atoms with Gasteiger partial charge in [0.1, 0.15) is 16.4 Å². The summed E-state index contributed by atoms with van der Waals surface area (Å²) in [7, 11) is 0. The minimum Gasteiger partial charge on any atom is -0.508 e. The molecule has 4 rings (SSSR count). The molecule has 0 unspecified atom stereocenters. The molecule has 0 atom stereocenters. The summed E-state index contributed by atoms with van der Waals surface area (Å²) in [6, 6.07) is 13.6. The first-order chi connectivity index (χ1) is 16.3. The first-order valence-electron chi connectivity index (χ1n) is 10.1. The molecular formula is C26H18Cl2O5S. The van der Waals surface area contributed by atoms with E-state index in [1.807, 2.05) is 26.0 Å². The molecule has 0 aliphatic heterocycles. The molecule has 3 aromatic carbocycles. The number of aromatic hydroxyl groups is 1. The minimum atomic E-state index is -0.184. The van der Waals surface area contributed by atoms with Gasteiger partial charge in [-0.05, 0) is 43.7 Å². The lowest BCUT2D eigenvalue weighted by Crippen LogP contribution is -2.03. The van der Waals surface area contributed by atoms with E-state index in [0.29, 0.717) is 37.6 Å². The maximum absolute atomic E-state index is 13.5. The molecule has 0 radical (unpaired) electrons. The lowest BCUT2D eigenvalue weighted by molar-refractivity contribution is -0.123. The summed E-state index contributed by atoms with van der Waals surface area (Å²) in [6.45, 7) is 4.14. The Morgan fingerprint density at radius 2 is 1.76 bits per heavy atom. The van der Waals surface area contributed by atoms with Gasteiger partial charge in [-0.3, -0.25) is 9.59 Å². The third kappa shape index (κ3) is 4.80. The van der Waals surface area contributed by atoms with Crippen molar-refractivity contribution >= 4 is 63.0 Å². The molecule has 172 valence electrons. The molecule has 1 aromatic heterocycles. The van der Waals surface area contributed by atoms with Crippen LogP contribution >= 0.6 is 34.5 Å². The number of phenols is 1. The number of ketones is 1. The Hall–Kier alpha value is -3.32. The Labute approximate surface area is 209 Å². The highest BCUT2D eigenvalue weighted by Crippen LogP contribution is 2.44. The molecule has 34 heavy (non-hydrogen) atoms. The van der Waals surface area contributed by atoms with Gasteiger partial charge < -0.3 is 14.6 Å². The van der Waals surface area contributed by atoms with Gasteiger partial charge in [0.05, 0.1) is 16.3 Å². The van der Waals surface area contributed by atoms with E-state index in [-0.39, 0.29) is 28.1 Å². The average Bonchev–Trinajstić information content (AvgIpc) is 3.12. The van der Waals surface area contributed by atoms with Crippen molar-refractivity contribution in [2.45, 2.75) is 13.8 Å². The third-order valence-corrected chi connectivity index (χ3v) is 6.86. The molecule has 1 heterocycles. The molecule has 0 saturated heterocycles. The number of rotatable bonds is 7. The van der Waals surface area contributed by atoms with Gasteiger partial charge >= 0.3 is 0 Å². The summed E-state index contributed by atoms with van der Waals surface area (Å²) in [6.07, 6.45) is 2.63. The Kier molecular flexibility index (Phi) is 6.93. The third-order valence-electron chi connectivity index (χ3n) is 5.10. The van der Waals surface area contributed by atoms with E-state index in [0.717, 1.165) is 11.1 Å². The second-order valence-electron chi connectivity index (χ2n) is 7.53. The quantitative estimate of drug-likeness (QED) is 0.156. The van der Waals surface area contributed by atoms with Gasteiger partial charge in [0, 0.05) is 33.3 Å². The second-order valence-corrected chi connectivity index (χ2v) is 9.39. The number of benzene rings is 3. The molecule has 4 aromatic rings. The summed E-state index contributed by atoms with van der Waals surface area (Å²) in [5, 5.41) is 11.2. The largest absolute Gasteiger partial charge is 0.508 e. The van der Waals surface area contributed by atoms with Crippen molar-refractivity contribution in [1.82, 2.24) is 0 Å². The Morgan fingerprint density at radius 3 is 2.44 bits per heavy atom. The van der Waals surface area contributed by atoms with Gasteiger partial charge in [0.15, 0.2) is 5.75 Å². The normalized spacial score (nSPS) is 11.2. The number of fused-ring (bicyclic) bond motifs is 1. The summed E-state index contributed by atoms with van der Waals surface area (Å²) in [5.41, 5.74) is 2.93. The van der Waals surface area contributed by atoms with E-state index >= 15 is 0 Å². The molecule has 0 saturated carbocycles. The van der Waals surface area contributed by atoms with Crippen LogP contribution in [0.4, 0.5) is 0 Å². The number of thiophene rings is 1. The fourth-order valence-corrected chi connectivity index (χ4v) is 5.25. The lowest BCUT2D eigenvalue weighted by atomic mass is 10.0. The molecule has 5 nitrogen and oxygen atoms in total. The Bertz CT molecular complexity index is 1430. The van der Waals surface area contributed by atoms with Crippen LogP contribution in [-0.2, 0) is 9.53 Å². The molecular weight excluding hydrogens is 495 g/mol. The maximum atomic E-state index is 13.5. The number of aryl methyl sites for hydroxylation is 2. The average molecular weight is 513 g/mol. The number of hydrogen-bond acceptors (Lipinski definition) is 6. The van der Waals surface area contributed by atoms with Crippen LogP contribution in [-0.4, -0.2) is 17.4 Å². The minimum absolute atomic E-state index is 0.0885. The van der Waals surface area contributed by atoms with Gasteiger partial charge in [-0.15, -0.1) is 11.3 Å². The van der Waals surface area contributed by atoms with Crippen LogP contribution in [0.1, 0.15) is 31.9 Å². The zero-order valence-corrected chi connectivity index (χ0v) is 20.4. The van der Waals surface area contributed by atoms with Crippen LogP contribution in [0.3, 0.4) is 0 Å². The molecule has 0 bridgehead atoms. The van der Waals surface area contributed by atoms with Crippen LogP contribution in [0.5, 0.6) is 17.2 Å². The van der Waals surface area contributed by atoms with E-state index in [1.165, 1.54) is 29.7 Å². The fraction of sp³-hybridized carbons (Fsp3) is 0.0769. The number of carbonyl (C=O) groups excluding carboxylic acids is 2. The summed E-state index contributed by atoms with van der Waals surface area (Å²) < 4.78 is 11.4. The van der Waals surface area contributed by atoms with E-state index in [1.54, 1.807) is 30.3 Å². The predicted octanol–water partition coefficient (Wildman–Crippen LogP) is 7.70. The molecule has 0 aliphatic rings. The van der Waals surface area contributed by atoms with Gasteiger partial charge in [-0.2, -0.15) is 0 Å². The van der Waals surface area contributed by atoms with Crippen LogP contribution in [0.25, 0.3) is 16.2 Å². The highest BCUT2D eigenvalue weighted by Gasteiger charge is 2.24. The van der Waals surface area contributed by atoms with Crippen LogP contribution in [0.15, 0.2) is 54.8 Å². The number of halogens is 2. The van der Waals surface area contributed by atoms with E-state index < -0.39 is 0 Å². The smallest absolute Gasteiger partial charge is 0.297 e. The van der Waals surface area contributed by atoms with E-state index in [9.17, 15) is 14.7 Å². The Morgan fingerprint density at radius 1 is 1.03 bits per heavy atom. The SMILES string of the molecule is Cc1ccc(C(=O)c2sc3cc(O)ccc3c2Oc2cc(Cl)c(/C=C/OC=O)c(Cl)c2)c(C)c1. The van der Waals surface area contributed by atoms with Gasteiger partial charge in [0.2, 0.25) is 5.78 Å². The van der Waals surface area contributed by atoms with Crippen LogP contribution in [0, 0.1) is 13.8 Å². The van der Waals surface area contributed by atoms with E-state index in [4.69, 9.17) is 27.9 Å². The number of hydrogen-bond donors (Lipinski definition) is 1. The first kappa shape index (κ1) is 23.8. The lowest BCUT2D eigenvalue weighted by Gasteiger charge is -2.11. The van der Waals surface area contributed by atoms with Crippen molar-refractivity contribution < 1.29 is 24.2 Å². The van der Waals surface area contributed by atoms with Crippen molar-refractivity contribution in [2.75, 3.05) is 0 Å². The molecule has 8 heteroatoms. The monoisotopic (exact) mass is 512 g/mol. The summed E-state index contributed by atoms with van der Waals surface area (Å²) in [5.74, 6) is 0.581. The fourth-order valence-electron chi connectivity index (χ4n) is 3.54. The van der Waals surface area contributed by atoms with E-state index in [2.05, 4.69) is 4.74 Å². The van der Waals surface area contributed by atoms with Crippen LogP contribution < -0.4 is 4.74 Å². The summed E-state index contributed by atoms with van der Waals surface area (Å²) in [4.78, 5) is 24.3. The van der Waals surface area contributed by atoms with Crippen molar-refractivity contribution in [3.8, 4) is 17.2 Å². The Balaban J connectivity index is 1.81. The highest BCUT2D eigenvalue weighted by atomic mass is 35.5. The number of ether oxygens (including phenoxy) is 2. The maximum Gasteiger partial charge on any atom is 0.297 e. The van der Waals surface area contributed by atoms with Gasteiger partial charge in [-0.25, -0.2) is 0 Å². The number of phenolic OH excluding ortho intramolecular Hbond substituents is 1. The molecule has 0 spiro atoms. The first-order valence-corrected chi connectivity index (χ1v) is 11.7. The van der Waals surface area contributed by atoms with Crippen molar-refractivity contribution in [1.29, 1.82) is 0 Å². The molecule has 0 amide bonds. The van der Waals surface area contributed by atoms with Gasteiger partial charge in [-0.1, -0.05) is 47.0 Å². The standard InChI is InChI=1S/C26H18Cl2O5S/c1-14-3-5-18(15(2)9-14)24(31)26-25(20-6-4-16(30)10-23(20)34-26)33-17-11-21(27)19(22(28)12-17)7-8-32-13-29/h3-13,30H,1-2H3/b8-7+. The molecule has 1 N–H and O–H groups in total. The van der Waals surface area contributed by atoms with Gasteiger partial charge in [0.25, 0.3) is 6.47 Å². The molecule has 0 fully saturated rings. The topological polar surface area (TPSA) is 72.8 Å². The predicted molar refractivity (Wildman–Crippen MR) is 136 cm³/mol. The zero-order chi connectivity index (χ0) is 24.4. The van der Waals surface area contributed by atoms with Crippen molar-refractivity contribution in [3.63, 3.8) is 0 Å². The zero-order valence-electron chi connectivity index (χ0n) is 18.1. The van der Waals surface area contributed by atoms with Crippen LogP contribution in [0.2, 0.25) is 10.0 Å². The molecule has 0 aliphatic carbocycles.